The van der Waals surface area contributed by atoms with Crippen molar-refractivity contribution in [2.24, 2.45) is 0 Å². The standard InChI is InChI=1S/C8H15NO3/c1-8(6-11)3-2-4-9(8)7(12)5-10/h10-11H,2-6H2,1H3. The molecule has 0 saturated carbocycles. The van der Waals surface area contributed by atoms with Gasteiger partial charge in [0, 0.05) is 6.54 Å². The van der Waals surface area contributed by atoms with Crippen molar-refractivity contribution in [2.45, 2.75) is 25.3 Å². The molecule has 1 atom stereocenters. The van der Waals surface area contributed by atoms with Crippen LogP contribution in [0.25, 0.3) is 0 Å². The predicted octanol–water partition coefficient (Wildman–Crippen LogP) is -0.648. The van der Waals surface area contributed by atoms with Crippen molar-refractivity contribution in [3.05, 3.63) is 0 Å². The maximum atomic E-state index is 11.2. The van der Waals surface area contributed by atoms with Crippen LogP contribution in [0.15, 0.2) is 0 Å². The van der Waals surface area contributed by atoms with E-state index in [9.17, 15) is 4.79 Å². The molecule has 1 rings (SSSR count). The van der Waals surface area contributed by atoms with Crippen LogP contribution >= 0.6 is 0 Å². The summed E-state index contributed by atoms with van der Waals surface area (Å²) >= 11 is 0. The average Bonchev–Trinajstić information content (AvgIpc) is 2.47. The maximum Gasteiger partial charge on any atom is 0.248 e. The van der Waals surface area contributed by atoms with Gasteiger partial charge in [-0.15, -0.1) is 0 Å². The van der Waals surface area contributed by atoms with Crippen molar-refractivity contribution in [1.82, 2.24) is 4.90 Å². The van der Waals surface area contributed by atoms with Crippen molar-refractivity contribution >= 4 is 5.91 Å². The second-order valence-electron chi connectivity index (χ2n) is 3.46. The molecule has 1 saturated heterocycles. The lowest BCUT2D eigenvalue weighted by atomic mass is 10.0. The van der Waals surface area contributed by atoms with Crippen molar-refractivity contribution in [1.29, 1.82) is 0 Å². The Morgan fingerprint density at radius 2 is 2.25 bits per heavy atom. The second kappa shape index (κ2) is 3.41. The molecule has 1 aliphatic heterocycles. The number of hydrogen-bond donors (Lipinski definition) is 2. The summed E-state index contributed by atoms with van der Waals surface area (Å²) in [5.41, 5.74) is -0.445. The van der Waals surface area contributed by atoms with E-state index in [1.54, 1.807) is 4.90 Å². The summed E-state index contributed by atoms with van der Waals surface area (Å²) in [4.78, 5) is 12.7. The summed E-state index contributed by atoms with van der Waals surface area (Å²) in [5.74, 6) is -0.288. The van der Waals surface area contributed by atoms with Gasteiger partial charge in [-0.3, -0.25) is 4.79 Å². The monoisotopic (exact) mass is 173 g/mol. The van der Waals surface area contributed by atoms with E-state index in [0.29, 0.717) is 6.54 Å². The third kappa shape index (κ3) is 1.44. The van der Waals surface area contributed by atoms with Gasteiger partial charge in [-0.25, -0.2) is 0 Å². The van der Waals surface area contributed by atoms with Gasteiger partial charge in [0.25, 0.3) is 0 Å². The summed E-state index contributed by atoms with van der Waals surface area (Å²) in [6.45, 7) is 2.00. The summed E-state index contributed by atoms with van der Waals surface area (Å²) in [6.07, 6.45) is 1.72. The molecule has 1 unspecified atom stereocenters. The number of rotatable bonds is 2. The van der Waals surface area contributed by atoms with E-state index in [2.05, 4.69) is 0 Å². The Morgan fingerprint density at radius 1 is 1.58 bits per heavy atom. The zero-order chi connectivity index (χ0) is 9.19. The highest BCUT2D eigenvalue weighted by molar-refractivity contribution is 5.78. The number of likely N-dealkylation sites (tertiary alicyclic amines) is 1. The highest BCUT2D eigenvalue weighted by Crippen LogP contribution is 2.27. The molecule has 0 aliphatic carbocycles. The lowest BCUT2D eigenvalue weighted by Crippen LogP contribution is -2.48. The third-order valence-electron chi connectivity index (χ3n) is 2.53. The van der Waals surface area contributed by atoms with Crippen molar-refractivity contribution in [3.8, 4) is 0 Å². The number of aliphatic hydroxyl groups excluding tert-OH is 2. The minimum atomic E-state index is -0.463. The highest BCUT2D eigenvalue weighted by atomic mass is 16.3. The smallest absolute Gasteiger partial charge is 0.248 e. The van der Waals surface area contributed by atoms with Crippen LogP contribution in [0.4, 0.5) is 0 Å². The van der Waals surface area contributed by atoms with Crippen LogP contribution < -0.4 is 0 Å². The summed E-state index contributed by atoms with van der Waals surface area (Å²) in [7, 11) is 0. The highest BCUT2D eigenvalue weighted by Gasteiger charge is 2.38. The Bertz CT molecular complexity index is 183. The van der Waals surface area contributed by atoms with Gasteiger partial charge in [-0.2, -0.15) is 0 Å². The average molecular weight is 173 g/mol. The molecule has 0 bridgehead atoms. The van der Waals surface area contributed by atoms with Crippen LogP contribution in [0.2, 0.25) is 0 Å². The SMILES string of the molecule is CC1(CO)CCCN1C(=O)CO. The van der Waals surface area contributed by atoms with Gasteiger partial charge >= 0.3 is 0 Å². The Kier molecular flexibility index (Phi) is 2.69. The van der Waals surface area contributed by atoms with Gasteiger partial charge < -0.3 is 15.1 Å². The fraction of sp³-hybridized carbons (Fsp3) is 0.875. The van der Waals surface area contributed by atoms with Crippen LogP contribution in [0, 0.1) is 0 Å². The Balaban J connectivity index is 2.69. The lowest BCUT2D eigenvalue weighted by Gasteiger charge is -2.33. The molecular formula is C8H15NO3. The number of carbonyl (C=O) groups is 1. The van der Waals surface area contributed by atoms with Crippen LogP contribution in [-0.4, -0.2) is 46.3 Å². The molecule has 70 valence electrons. The Morgan fingerprint density at radius 3 is 2.75 bits per heavy atom. The van der Waals surface area contributed by atoms with Crippen LogP contribution in [0.5, 0.6) is 0 Å². The molecule has 1 aliphatic rings. The molecule has 4 heteroatoms. The Hall–Kier alpha value is -0.610. The summed E-state index contributed by atoms with van der Waals surface area (Å²) < 4.78 is 0. The van der Waals surface area contributed by atoms with Crippen molar-refractivity contribution in [3.63, 3.8) is 0 Å². The molecule has 2 N–H and O–H groups in total. The van der Waals surface area contributed by atoms with Crippen LogP contribution in [0.1, 0.15) is 19.8 Å². The van der Waals surface area contributed by atoms with Crippen molar-refractivity contribution in [2.75, 3.05) is 19.8 Å². The van der Waals surface area contributed by atoms with Gasteiger partial charge in [-0.05, 0) is 19.8 Å². The molecule has 1 heterocycles. The third-order valence-corrected chi connectivity index (χ3v) is 2.53. The first-order chi connectivity index (χ1) is 5.64. The zero-order valence-electron chi connectivity index (χ0n) is 7.29. The number of aliphatic hydroxyl groups is 2. The van der Waals surface area contributed by atoms with E-state index in [-0.39, 0.29) is 12.5 Å². The lowest BCUT2D eigenvalue weighted by molar-refractivity contribution is -0.139. The molecule has 1 amide bonds. The minimum absolute atomic E-state index is 0.0290. The van der Waals surface area contributed by atoms with Gasteiger partial charge in [0.05, 0.1) is 12.1 Å². The molecular weight excluding hydrogens is 158 g/mol. The fourth-order valence-electron chi connectivity index (χ4n) is 1.70. The topological polar surface area (TPSA) is 60.8 Å². The number of amides is 1. The summed E-state index contributed by atoms with van der Waals surface area (Å²) in [5, 5.41) is 17.7. The predicted molar refractivity (Wildman–Crippen MR) is 43.5 cm³/mol. The van der Waals surface area contributed by atoms with E-state index >= 15 is 0 Å². The van der Waals surface area contributed by atoms with Gasteiger partial charge in [-0.1, -0.05) is 0 Å². The zero-order valence-corrected chi connectivity index (χ0v) is 7.29. The van der Waals surface area contributed by atoms with Crippen molar-refractivity contribution < 1.29 is 15.0 Å². The fourth-order valence-corrected chi connectivity index (χ4v) is 1.70. The molecule has 0 aromatic carbocycles. The normalized spacial score (nSPS) is 29.4. The quantitative estimate of drug-likeness (QED) is 0.583. The van der Waals surface area contributed by atoms with Crippen LogP contribution in [0.3, 0.4) is 0 Å². The van der Waals surface area contributed by atoms with E-state index < -0.39 is 12.1 Å². The molecule has 12 heavy (non-hydrogen) atoms. The first-order valence-electron chi connectivity index (χ1n) is 4.16. The van der Waals surface area contributed by atoms with E-state index in [0.717, 1.165) is 12.8 Å². The van der Waals surface area contributed by atoms with E-state index in [1.165, 1.54) is 0 Å². The second-order valence-corrected chi connectivity index (χ2v) is 3.46. The largest absolute Gasteiger partial charge is 0.394 e. The Labute approximate surface area is 71.8 Å². The molecule has 0 aromatic heterocycles. The molecule has 4 nitrogen and oxygen atoms in total. The minimum Gasteiger partial charge on any atom is -0.394 e. The molecule has 0 aromatic rings. The number of carbonyl (C=O) groups excluding carboxylic acids is 1. The first-order valence-corrected chi connectivity index (χ1v) is 4.16. The molecule has 1 fully saturated rings. The van der Waals surface area contributed by atoms with E-state index in [1.807, 2.05) is 6.92 Å². The molecule has 0 radical (unpaired) electrons. The van der Waals surface area contributed by atoms with E-state index in [4.69, 9.17) is 10.2 Å². The van der Waals surface area contributed by atoms with Gasteiger partial charge in [0.1, 0.15) is 6.61 Å². The molecule has 0 spiro atoms. The van der Waals surface area contributed by atoms with Crippen LogP contribution in [-0.2, 0) is 4.79 Å². The number of hydrogen-bond acceptors (Lipinski definition) is 3. The van der Waals surface area contributed by atoms with Gasteiger partial charge in [0.2, 0.25) is 5.91 Å². The summed E-state index contributed by atoms with van der Waals surface area (Å²) in [6, 6.07) is 0. The van der Waals surface area contributed by atoms with Gasteiger partial charge in [0.15, 0.2) is 0 Å². The maximum absolute atomic E-state index is 11.2. The number of nitrogens with zero attached hydrogens (tertiary/aromatic N) is 1. The first kappa shape index (κ1) is 9.48.